The van der Waals surface area contributed by atoms with Crippen LogP contribution in [0.3, 0.4) is 0 Å². The van der Waals surface area contributed by atoms with E-state index in [0.717, 1.165) is 16.8 Å². The number of nitro benzene ring substituents is 1. The van der Waals surface area contributed by atoms with Crippen molar-refractivity contribution in [1.82, 2.24) is 10.6 Å². The molecule has 0 aliphatic carbocycles. The first-order chi connectivity index (χ1) is 13.5. The van der Waals surface area contributed by atoms with Crippen molar-refractivity contribution < 1.29 is 9.72 Å². The fourth-order valence-corrected chi connectivity index (χ4v) is 3.03. The Morgan fingerprint density at radius 2 is 1.79 bits per heavy atom. The fraction of sp³-hybridized carbons (Fsp3) is 0.222. The highest BCUT2D eigenvalue weighted by Crippen LogP contribution is 2.30. The molecule has 0 aliphatic rings. The molecule has 2 rings (SSSR count). The zero-order valence-electron chi connectivity index (χ0n) is 15.3. The van der Waals surface area contributed by atoms with Crippen LogP contribution in [0.5, 0.6) is 0 Å². The molecule has 1 atom stereocenters. The van der Waals surface area contributed by atoms with Gasteiger partial charge in [0, 0.05) is 11.8 Å². The average molecular weight is 476 g/mol. The molecule has 2 aromatic carbocycles. The first-order valence-corrected chi connectivity index (χ1v) is 9.79. The first kappa shape index (κ1) is 23.2. The summed E-state index contributed by atoms with van der Waals surface area (Å²) in [5, 5.41) is 19.4. The van der Waals surface area contributed by atoms with E-state index >= 15 is 0 Å². The zero-order valence-corrected chi connectivity index (χ0v) is 18.4. The SMILES string of the molecule is Cc1ccc(NC(=S)NC(NC(=O)c2ccccc2[N+](=O)[O-])C(Cl)(Cl)Cl)c(C)c1. The molecule has 0 heterocycles. The molecule has 0 aliphatic heterocycles. The Bertz CT molecular complexity index is 950. The van der Waals surface area contributed by atoms with Crippen LogP contribution in [0.4, 0.5) is 11.4 Å². The lowest BCUT2D eigenvalue weighted by Gasteiger charge is -2.28. The Morgan fingerprint density at radius 1 is 1.14 bits per heavy atom. The minimum absolute atomic E-state index is 0.0936. The number of hydrogen-bond donors (Lipinski definition) is 3. The van der Waals surface area contributed by atoms with Crippen LogP contribution < -0.4 is 16.0 Å². The first-order valence-electron chi connectivity index (χ1n) is 8.25. The number of para-hydroxylation sites is 1. The lowest BCUT2D eigenvalue weighted by Crippen LogP contribution is -2.56. The summed E-state index contributed by atoms with van der Waals surface area (Å²) in [6, 6.07) is 11.2. The Kier molecular flexibility index (Phi) is 7.65. The van der Waals surface area contributed by atoms with Gasteiger partial charge in [0.05, 0.1) is 4.92 Å². The summed E-state index contributed by atoms with van der Waals surface area (Å²) < 4.78 is -1.99. The van der Waals surface area contributed by atoms with Crippen molar-refractivity contribution in [3.05, 3.63) is 69.3 Å². The third-order valence-electron chi connectivity index (χ3n) is 3.85. The predicted octanol–water partition coefficient (Wildman–Crippen LogP) is 4.62. The topological polar surface area (TPSA) is 96.3 Å². The molecule has 0 radical (unpaired) electrons. The van der Waals surface area contributed by atoms with Crippen molar-refractivity contribution in [2.75, 3.05) is 5.32 Å². The average Bonchev–Trinajstić information content (AvgIpc) is 2.62. The molecule has 0 aromatic heterocycles. The summed E-state index contributed by atoms with van der Waals surface area (Å²) in [6.07, 6.45) is -1.26. The Labute approximate surface area is 187 Å². The Hall–Kier alpha value is -2.13. The van der Waals surface area contributed by atoms with Crippen LogP contribution in [-0.2, 0) is 0 Å². The van der Waals surface area contributed by atoms with E-state index in [1.54, 1.807) is 0 Å². The normalized spacial score (nSPS) is 12.0. The minimum Gasteiger partial charge on any atom is -0.339 e. The van der Waals surface area contributed by atoms with Crippen molar-refractivity contribution in [2.24, 2.45) is 0 Å². The van der Waals surface area contributed by atoms with Gasteiger partial charge < -0.3 is 16.0 Å². The highest BCUT2D eigenvalue weighted by molar-refractivity contribution is 7.80. The molecule has 154 valence electrons. The van der Waals surface area contributed by atoms with Gasteiger partial charge in [0.1, 0.15) is 11.7 Å². The number of thiocarbonyl (C=S) groups is 1. The molecule has 1 unspecified atom stereocenters. The maximum atomic E-state index is 12.6. The third kappa shape index (κ3) is 6.43. The van der Waals surface area contributed by atoms with Gasteiger partial charge in [-0.15, -0.1) is 0 Å². The number of aryl methyl sites for hydroxylation is 2. The number of hydrogen-bond acceptors (Lipinski definition) is 4. The number of nitrogens with one attached hydrogen (secondary N) is 3. The number of benzene rings is 2. The van der Waals surface area contributed by atoms with E-state index in [-0.39, 0.29) is 16.4 Å². The van der Waals surface area contributed by atoms with Crippen molar-refractivity contribution in [1.29, 1.82) is 0 Å². The summed E-state index contributed by atoms with van der Waals surface area (Å²) in [5.74, 6) is -0.796. The maximum Gasteiger partial charge on any atom is 0.282 e. The highest BCUT2D eigenvalue weighted by atomic mass is 35.6. The summed E-state index contributed by atoms with van der Waals surface area (Å²) in [5.41, 5.74) is 2.23. The van der Waals surface area contributed by atoms with Gasteiger partial charge >= 0.3 is 0 Å². The van der Waals surface area contributed by atoms with E-state index < -0.39 is 20.8 Å². The third-order valence-corrected chi connectivity index (χ3v) is 4.73. The number of halogens is 3. The number of nitro groups is 1. The van der Waals surface area contributed by atoms with Crippen LogP contribution in [-0.4, -0.2) is 25.9 Å². The van der Waals surface area contributed by atoms with Crippen LogP contribution in [0.2, 0.25) is 0 Å². The monoisotopic (exact) mass is 474 g/mol. The fourth-order valence-electron chi connectivity index (χ4n) is 2.48. The molecule has 0 spiro atoms. The molecule has 0 fully saturated rings. The van der Waals surface area contributed by atoms with E-state index in [1.807, 2.05) is 32.0 Å². The van der Waals surface area contributed by atoms with Crippen LogP contribution in [0, 0.1) is 24.0 Å². The minimum atomic E-state index is -1.99. The zero-order chi connectivity index (χ0) is 21.8. The van der Waals surface area contributed by atoms with E-state index in [9.17, 15) is 14.9 Å². The van der Waals surface area contributed by atoms with Crippen molar-refractivity contribution in [3.63, 3.8) is 0 Å². The number of alkyl halides is 3. The number of amides is 1. The van der Waals surface area contributed by atoms with E-state index in [4.69, 9.17) is 47.0 Å². The smallest absolute Gasteiger partial charge is 0.282 e. The number of anilines is 1. The van der Waals surface area contributed by atoms with Crippen molar-refractivity contribution in [2.45, 2.75) is 23.8 Å². The van der Waals surface area contributed by atoms with Gasteiger partial charge in [-0.1, -0.05) is 64.6 Å². The highest BCUT2D eigenvalue weighted by Gasteiger charge is 2.36. The lowest BCUT2D eigenvalue weighted by atomic mass is 10.1. The summed E-state index contributed by atoms with van der Waals surface area (Å²) in [6.45, 7) is 3.87. The second-order valence-electron chi connectivity index (χ2n) is 6.14. The Morgan fingerprint density at radius 3 is 2.38 bits per heavy atom. The molecular formula is C18H17Cl3N4O3S. The van der Waals surface area contributed by atoms with Gasteiger partial charge in [-0.3, -0.25) is 14.9 Å². The second kappa shape index (κ2) is 9.58. The number of nitrogens with zero attached hydrogens (tertiary/aromatic N) is 1. The molecule has 29 heavy (non-hydrogen) atoms. The lowest BCUT2D eigenvalue weighted by molar-refractivity contribution is -0.385. The molecular weight excluding hydrogens is 459 g/mol. The summed E-state index contributed by atoms with van der Waals surface area (Å²) in [7, 11) is 0. The summed E-state index contributed by atoms with van der Waals surface area (Å²) >= 11 is 23.1. The van der Waals surface area contributed by atoms with Gasteiger partial charge in [0.2, 0.25) is 3.79 Å². The molecule has 0 saturated carbocycles. The number of carbonyl (C=O) groups is 1. The second-order valence-corrected chi connectivity index (χ2v) is 8.92. The van der Waals surface area contributed by atoms with Crippen molar-refractivity contribution >= 4 is 69.4 Å². The standard InChI is InChI=1S/C18H17Cl3N4O3S/c1-10-7-8-13(11(2)9-10)22-17(29)24-16(18(19,20)21)23-15(26)12-5-3-4-6-14(12)25(27)28/h3-9,16H,1-2H3,(H,23,26)(H2,22,24,29). The molecule has 0 bridgehead atoms. The van der Waals surface area contributed by atoms with Crippen LogP contribution in [0.1, 0.15) is 21.5 Å². The largest absolute Gasteiger partial charge is 0.339 e. The van der Waals surface area contributed by atoms with Gasteiger partial charge in [-0.25, -0.2) is 0 Å². The van der Waals surface area contributed by atoms with E-state index in [1.165, 1.54) is 24.3 Å². The summed E-state index contributed by atoms with van der Waals surface area (Å²) in [4.78, 5) is 23.0. The molecule has 7 nitrogen and oxygen atoms in total. The maximum absolute atomic E-state index is 12.6. The molecule has 0 saturated heterocycles. The van der Waals surface area contributed by atoms with Crippen LogP contribution in [0.15, 0.2) is 42.5 Å². The number of carbonyl (C=O) groups excluding carboxylic acids is 1. The quantitative estimate of drug-likeness (QED) is 0.192. The van der Waals surface area contributed by atoms with Gasteiger partial charge in [0.25, 0.3) is 11.6 Å². The molecule has 2 aromatic rings. The van der Waals surface area contributed by atoms with Gasteiger partial charge in [-0.2, -0.15) is 0 Å². The molecule has 11 heteroatoms. The van der Waals surface area contributed by atoms with Gasteiger partial charge in [0.15, 0.2) is 5.11 Å². The van der Waals surface area contributed by atoms with Crippen molar-refractivity contribution in [3.8, 4) is 0 Å². The predicted molar refractivity (Wildman–Crippen MR) is 120 cm³/mol. The van der Waals surface area contributed by atoms with Gasteiger partial charge in [-0.05, 0) is 43.8 Å². The number of rotatable bonds is 5. The molecule has 1 amide bonds. The van der Waals surface area contributed by atoms with E-state index in [0.29, 0.717) is 0 Å². The Balaban J connectivity index is 2.17. The molecule has 3 N–H and O–H groups in total. The van der Waals surface area contributed by atoms with Crippen LogP contribution >= 0.6 is 47.0 Å². The van der Waals surface area contributed by atoms with Crippen LogP contribution in [0.25, 0.3) is 0 Å². The van der Waals surface area contributed by atoms with E-state index in [2.05, 4.69) is 16.0 Å².